The smallest absolute Gasteiger partial charge is 0.153 e. The van der Waals surface area contributed by atoms with Gasteiger partial charge < -0.3 is 0 Å². The number of benzene rings is 1. The fourth-order valence-electron chi connectivity index (χ4n) is 2.57. The average Bonchev–Trinajstić information content (AvgIpc) is 2.26. The SMILES string of the molecule is Cc1cc(CN2CCS(=O)(=O)CC2(C)C)ccc1Cl. The molecule has 0 saturated carbocycles. The molecule has 1 aromatic rings. The molecule has 0 unspecified atom stereocenters. The van der Waals surface area contributed by atoms with E-state index in [2.05, 4.69) is 11.0 Å². The molecule has 1 fully saturated rings. The Balaban J connectivity index is 2.17. The molecule has 2 rings (SSSR count). The van der Waals surface area contributed by atoms with E-state index in [0.717, 1.165) is 17.1 Å². The third-order valence-corrected chi connectivity index (χ3v) is 6.07. The summed E-state index contributed by atoms with van der Waals surface area (Å²) in [5.74, 6) is 0.482. The van der Waals surface area contributed by atoms with Crippen molar-refractivity contribution in [1.29, 1.82) is 0 Å². The van der Waals surface area contributed by atoms with Gasteiger partial charge in [0, 0.05) is 23.7 Å². The summed E-state index contributed by atoms with van der Waals surface area (Å²) in [7, 11) is -2.89. The van der Waals surface area contributed by atoms with Crippen molar-refractivity contribution < 1.29 is 8.42 Å². The Bertz CT molecular complexity index is 581. The van der Waals surface area contributed by atoms with Gasteiger partial charge in [-0.25, -0.2) is 8.42 Å². The van der Waals surface area contributed by atoms with Crippen LogP contribution in [0.1, 0.15) is 25.0 Å². The second-order valence-corrected chi connectivity index (χ2v) is 8.50. The van der Waals surface area contributed by atoms with Gasteiger partial charge in [0.1, 0.15) is 0 Å². The van der Waals surface area contributed by atoms with E-state index in [1.54, 1.807) is 0 Å². The molecule has 0 spiro atoms. The molecule has 0 aromatic heterocycles. The van der Waals surface area contributed by atoms with Gasteiger partial charge in [-0.1, -0.05) is 23.7 Å². The predicted molar refractivity (Wildman–Crippen MR) is 79.3 cm³/mol. The highest BCUT2D eigenvalue weighted by molar-refractivity contribution is 7.91. The van der Waals surface area contributed by atoms with Crippen molar-refractivity contribution in [2.24, 2.45) is 0 Å². The molecule has 0 amide bonds. The number of hydrogen-bond acceptors (Lipinski definition) is 3. The Morgan fingerprint density at radius 1 is 1.37 bits per heavy atom. The summed E-state index contributed by atoms with van der Waals surface area (Å²) in [6, 6.07) is 5.98. The standard InChI is InChI=1S/C14H20ClNO2S/c1-11-8-12(4-5-13(11)15)9-16-6-7-19(17,18)10-14(16,2)3/h4-5,8H,6-7,9-10H2,1-3H3. The molecule has 0 bridgehead atoms. The summed E-state index contributed by atoms with van der Waals surface area (Å²) in [4.78, 5) is 2.23. The predicted octanol–water partition coefficient (Wildman–Crippen LogP) is 2.66. The molecule has 0 N–H and O–H groups in total. The van der Waals surface area contributed by atoms with Crippen molar-refractivity contribution in [2.75, 3.05) is 18.1 Å². The molecule has 1 aromatic carbocycles. The molecule has 0 atom stereocenters. The van der Waals surface area contributed by atoms with Crippen LogP contribution < -0.4 is 0 Å². The molecule has 1 aliphatic rings. The van der Waals surface area contributed by atoms with E-state index in [1.165, 1.54) is 5.56 Å². The Morgan fingerprint density at radius 3 is 2.63 bits per heavy atom. The summed E-state index contributed by atoms with van der Waals surface area (Å²) >= 11 is 6.02. The zero-order valence-corrected chi connectivity index (χ0v) is 13.2. The van der Waals surface area contributed by atoms with E-state index < -0.39 is 9.84 Å². The summed E-state index contributed by atoms with van der Waals surface area (Å²) in [6.07, 6.45) is 0. The molecule has 3 nitrogen and oxygen atoms in total. The normalized spacial score (nSPS) is 22.3. The first-order valence-electron chi connectivity index (χ1n) is 6.40. The van der Waals surface area contributed by atoms with Crippen molar-refractivity contribution in [2.45, 2.75) is 32.9 Å². The molecular formula is C14H20ClNO2S. The Kier molecular flexibility index (Phi) is 3.96. The van der Waals surface area contributed by atoms with Crippen LogP contribution in [0.25, 0.3) is 0 Å². The molecule has 106 valence electrons. The minimum Gasteiger partial charge on any atom is -0.292 e. The van der Waals surface area contributed by atoms with Crippen molar-refractivity contribution in [3.63, 3.8) is 0 Å². The highest BCUT2D eigenvalue weighted by Gasteiger charge is 2.37. The van der Waals surface area contributed by atoms with Gasteiger partial charge in [-0.15, -0.1) is 0 Å². The number of rotatable bonds is 2. The van der Waals surface area contributed by atoms with Crippen LogP contribution in [0.3, 0.4) is 0 Å². The first-order chi connectivity index (χ1) is 8.70. The third-order valence-electron chi connectivity index (χ3n) is 3.70. The summed E-state index contributed by atoms with van der Waals surface area (Å²) in [6.45, 7) is 7.33. The number of halogens is 1. The average molecular weight is 302 g/mol. The molecular weight excluding hydrogens is 282 g/mol. The van der Waals surface area contributed by atoms with Gasteiger partial charge in [-0.05, 0) is 38.0 Å². The minimum absolute atomic E-state index is 0.229. The van der Waals surface area contributed by atoms with Crippen molar-refractivity contribution in [3.05, 3.63) is 34.3 Å². The number of nitrogens with zero attached hydrogens (tertiary/aromatic N) is 1. The number of hydrogen-bond donors (Lipinski definition) is 0. The van der Waals surface area contributed by atoms with Crippen LogP contribution in [-0.2, 0) is 16.4 Å². The summed E-state index contributed by atoms with van der Waals surface area (Å²) < 4.78 is 23.4. The van der Waals surface area contributed by atoms with Crippen molar-refractivity contribution in [1.82, 2.24) is 4.90 Å². The van der Waals surface area contributed by atoms with Crippen molar-refractivity contribution >= 4 is 21.4 Å². The minimum atomic E-state index is -2.89. The fourth-order valence-corrected chi connectivity index (χ4v) is 4.59. The molecule has 0 radical (unpaired) electrons. The topological polar surface area (TPSA) is 37.4 Å². The van der Waals surface area contributed by atoms with E-state index in [4.69, 9.17) is 11.6 Å². The molecule has 1 aliphatic heterocycles. The van der Waals surface area contributed by atoms with Gasteiger partial charge in [0.25, 0.3) is 0 Å². The van der Waals surface area contributed by atoms with Gasteiger partial charge in [-0.3, -0.25) is 4.90 Å². The second-order valence-electron chi connectivity index (χ2n) is 5.91. The molecule has 19 heavy (non-hydrogen) atoms. The fraction of sp³-hybridized carbons (Fsp3) is 0.571. The number of aryl methyl sites for hydroxylation is 1. The molecule has 1 saturated heterocycles. The third kappa shape index (κ3) is 3.50. The number of sulfone groups is 1. The Labute approximate surface area is 120 Å². The van der Waals surface area contributed by atoms with Crippen molar-refractivity contribution in [3.8, 4) is 0 Å². The molecule has 5 heteroatoms. The van der Waals surface area contributed by atoms with Gasteiger partial charge in [0.15, 0.2) is 9.84 Å². The lowest BCUT2D eigenvalue weighted by Gasteiger charge is -2.42. The maximum atomic E-state index is 11.7. The van der Waals surface area contributed by atoms with Gasteiger partial charge in [0.05, 0.1) is 11.5 Å². The van der Waals surface area contributed by atoms with E-state index in [1.807, 2.05) is 32.9 Å². The van der Waals surface area contributed by atoms with Crippen LogP contribution in [-0.4, -0.2) is 36.9 Å². The monoisotopic (exact) mass is 301 g/mol. The Hall–Kier alpha value is -0.580. The van der Waals surface area contributed by atoms with Gasteiger partial charge in [0.2, 0.25) is 0 Å². The van der Waals surface area contributed by atoms with Crippen LogP contribution in [0.15, 0.2) is 18.2 Å². The lowest BCUT2D eigenvalue weighted by Crippen LogP contribution is -2.54. The zero-order chi connectivity index (χ0) is 14.3. The molecule has 0 aliphatic carbocycles. The second kappa shape index (κ2) is 5.08. The highest BCUT2D eigenvalue weighted by Crippen LogP contribution is 2.25. The lowest BCUT2D eigenvalue weighted by atomic mass is 10.0. The first kappa shape index (κ1) is 14.8. The summed E-state index contributed by atoms with van der Waals surface area (Å²) in [5, 5.41) is 0.768. The van der Waals surface area contributed by atoms with E-state index in [0.29, 0.717) is 6.54 Å². The van der Waals surface area contributed by atoms with Crippen LogP contribution in [0.4, 0.5) is 0 Å². The highest BCUT2D eigenvalue weighted by atomic mass is 35.5. The first-order valence-corrected chi connectivity index (χ1v) is 8.60. The maximum absolute atomic E-state index is 11.7. The van der Waals surface area contributed by atoms with Gasteiger partial charge in [-0.2, -0.15) is 0 Å². The maximum Gasteiger partial charge on any atom is 0.153 e. The summed E-state index contributed by atoms with van der Waals surface area (Å²) in [5.41, 5.74) is 1.92. The molecule has 1 heterocycles. The van der Waals surface area contributed by atoms with Crippen LogP contribution >= 0.6 is 11.6 Å². The van der Waals surface area contributed by atoms with Crippen LogP contribution in [0.5, 0.6) is 0 Å². The van der Waals surface area contributed by atoms with E-state index in [-0.39, 0.29) is 17.0 Å². The van der Waals surface area contributed by atoms with E-state index >= 15 is 0 Å². The lowest BCUT2D eigenvalue weighted by molar-refractivity contribution is 0.131. The largest absolute Gasteiger partial charge is 0.292 e. The van der Waals surface area contributed by atoms with E-state index in [9.17, 15) is 8.42 Å². The zero-order valence-electron chi connectivity index (χ0n) is 11.6. The quantitative estimate of drug-likeness (QED) is 0.843. The van der Waals surface area contributed by atoms with Gasteiger partial charge >= 0.3 is 0 Å². The van der Waals surface area contributed by atoms with Crippen LogP contribution in [0.2, 0.25) is 5.02 Å². The Morgan fingerprint density at radius 2 is 2.05 bits per heavy atom. The van der Waals surface area contributed by atoms with Crippen LogP contribution in [0, 0.1) is 6.92 Å².